The molecule has 1 rings (SSSR count). The fourth-order valence-electron chi connectivity index (χ4n) is 2.38. The highest BCUT2D eigenvalue weighted by Crippen LogP contribution is 2.36. The summed E-state index contributed by atoms with van der Waals surface area (Å²) in [4.78, 5) is 2.44. The zero-order valence-electron chi connectivity index (χ0n) is 14.2. The molecule has 0 radical (unpaired) electrons. The van der Waals surface area contributed by atoms with Gasteiger partial charge in [-0.15, -0.1) is 0 Å². The summed E-state index contributed by atoms with van der Waals surface area (Å²) in [5.74, 6) is 1.55. The predicted molar refractivity (Wildman–Crippen MR) is 96.0 cm³/mol. The fourth-order valence-corrected chi connectivity index (χ4v) is 3.04. The van der Waals surface area contributed by atoms with Crippen LogP contribution in [-0.4, -0.2) is 44.8 Å². The third-order valence-corrected chi connectivity index (χ3v) is 4.21. The van der Waals surface area contributed by atoms with Gasteiger partial charge in [-0.1, -0.05) is 13.8 Å². The van der Waals surface area contributed by atoms with Crippen molar-refractivity contribution in [2.75, 3.05) is 39.9 Å². The van der Waals surface area contributed by atoms with Gasteiger partial charge in [0.2, 0.25) is 0 Å². The van der Waals surface area contributed by atoms with Gasteiger partial charge in [0.1, 0.15) is 0 Å². The van der Waals surface area contributed by atoms with Crippen molar-refractivity contribution in [1.29, 1.82) is 0 Å². The molecular formula is C17H29BrN2O2. The summed E-state index contributed by atoms with van der Waals surface area (Å²) in [5, 5.41) is 3.50. The van der Waals surface area contributed by atoms with E-state index in [2.05, 4.69) is 46.1 Å². The first kappa shape index (κ1) is 19.3. The maximum Gasteiger partial charge on any atom is 0.174 e. The van der Waals surface area contributed by atoms with E-state index < -0.39 is 0 Å². The van der Waals surface area contributed by atoms with E-state index in [0.717, 1.165) is 55.1 Å². The number of ether oxygens (including phenoxy) is 2. The Morgan fingerprint density at radius 1 is 1.18 bits per heavy atom. The lowest BCUT2D eigenvalue weighted by atomic mass is 10.2. The Balaban J connectivity index is 2.49. The highest BCUT2D eigenvalue weighted by atomic mass is 79.9. The molecule has 0 bridgehead atoms. The molecule has 22 heavy (non-hydrogen) atoms. The van der Waals surface area contributed by atoms with E-state index in [0.29, 0.717) is 6.61 Å². The van der Waals surface area contributed by atoms with Crippen LogP contribution in [0.4, 0.5) is 0 Å². The van der Waals surface area contributed by atoms with Crippen molar-refractivity contribution in [3.63, 3.8) is 0 Å². The maximum absolute atomic E-state index is 5.65. The fraction of sp³-hybridized carbons (Fsp3) is 0.647. The van der Waals surface area contributed by atoms with Crippen LogP contribution in [0.25, 0.3) is 0 Å². The van der Waals surface area contributed by atoms with Gasteiger partial charge in [0.05, 0.1) is 18.2 Å². The standard InChI is InChI=1S/C17H29BrN2O2/c1-5-20(6-2)10-8-9-19-13-14-11-15(18)17(21-4)16(12-14)22-7-3/h11-12,19H,5-10,13H2,1-4H3. The summed E-state index contributed by atoms with van der Waals surface area (Å²) in [5.41, 5.74) is 1.19. The summed E-state index contributed by atoms with van der Waals surface area (Å²) < 4.78 is 12.0. The SMILES string of the molecule is CCOc1cc(CNCCCN(CC)CC)cc(Br)c1OC. The first-order valence-electron chi connectivity index (χ1n) is 8.08. The average Bonchev–Trinajstić information content (AvgIpc) is 2.51. The molecule has 0 heterocycles. The van der Waals surface area contributed by atoms with Crippen molar-refractivity contribution in [3.8, 4) is 11.5 Å². The van der Waals surface area contributed by atoms with Gasteiger partial charge in [0, 0.05) is 6.54 Å². The molecule has 126 valence electrons. The number of nitrogens with zero attached hydrogens (tertiary/aromatic N) is 1. The molecule has 1 N–H and O–H groups in total. The van der Waals surface area contributed by atoms with E-state index in [-0.39, 0.29) is 0 Å². The molecule has 0 amide bonds. The van der Waals surface area contributed by atoms with Crippen LogP contribution < -0.4 is 14.8 Å². The predicted octanol–water partition coefficient (Wildman–Crippen LogP) is 3.68. The smallest absolute Gasteiger partial charge is 0.174 e. The summed E-state index contributed by atoms with van der Waals surface area (Å²) >= 11 is 3.55. The summed E-state index contributed by atoms with van der Waals surface area (Å²) in [6.45, 7) is 12.3. The highest BCUT2D eigenvalue weighted by molar-refractivity contribution is 9.10. The molecule has 0 aromatic heterocycles. The van der Waals surface area contributed by atoms with Gasteiger partial charge in [0.15, 0.2) is 11.5 Å². The van der Waals surface area contributed by atoms with Crippen LogP contribution in [0.15, 0.2) is 16.6 Å². The van der Waals surface area contributed by atoms with Crippen molar-refractivity contribution in [2.24, 2.45) is 0 Å². The van der Waals surface area contributed by atoms with E-state index in [1.54, 1.807) is 7.11 Å². The molecular weight excluding hydrogens is 344 g/mol. The Morgan fingerprint density at radius 2 is 1.91 bits per heavy atom. The summed E-state index contributed by atoms with van der Waals surface area (Å²) in [6.07, 6.45) is 1.16. The van der Waals surface area contributed by atoms with Gasteiger partial charge in [-0.05, 0) is 73.1 Å². The van der Waals surface area contributed by atoms with Gasteiger partial charge in [-0.3, -0.25) is 0 Å². The van der Waals surface area contributed by atoms with E-state index in [4.69, 9.17) is 9.47 Å². The van der Waals surface area contributed by atoms with E-state index in [1.807, 2.05) is 13.0 Å². The zero-order valence-corrected chi connectivity index (χ0v) is 15.8. The molecule has 5 heteroatoms. The molecule has 1 aromatic carbocycles. The molecule has 4 nitrogen and oxygen atoms in total. The second kappa shape index (κ2) is 10.9. The van der Waals surface area contributed by atoms with Gasteiger partial charge in [-0.2, -0.15) is 0 Å². The van der Waals surface area contributed by atoms with E-state index in [1.165, 1.54) is 5.56 Å². The quantitative estimate of drug-likeness (QED) is 0.600. The minimum absolute atomic E-state index is 0.629. The van der Waals surface area contributed by atoms with Crippen LogP contribution in [0.3, 0.4) is 0 Å². The van der Waals surface area contributed by atoms with Gasteiger partial charge in [0.25, 0.3) is 0 Å². The molecule has 0 aliphatic heterocycles. The summed E-state index contributed by atoms with van der Waals surface area (Å²) in [6, 6.07) is 4.13. The monoisotopic (exact) mass is 372 g/mol. The van der Waals surface area contributed by atoms with Crippen molar-refractivity contribution in [1.82, 2.24) is 10.2 Å². The second-order valence-electron chi connectivity index (χ2n) is 5.10. The topological polar surface area (TPSA) is 33.7 Å². The van der Waals surface area contributed by atoms with Crippen LogP contribution in [0.5, 0.6) is 11.5 Å². The van der Waals surface area contributed by atoms with Gasteiger partial charge < -0.3 is 19.7 Å². The van der Waals surface area contributed by atoms with Crippen molar-refractivity contribution in [3.05, 3.63) is 22.2 Å². The lowest BCUT2D eigenvalue weighted by Crippen LogP contribution is -2.27. The molecule has 0 aliphatic rings. The first-order valence-corrected chi connectivity index (χ1v) is 8.87. The lowest BCUT2D eigenvalue weighted by Gasteiger charge is -2.18. The normalized spacial score (nSPS) is 11.0. The second-order valence-corrected chi connectivity index (χ2v) is 5.95. The molecule has 1 aromatic rings. The van der Waals surface area contributed by atoms with Crippen molar-refractivity contribution in [2.45, 2.75) is 33.7 Å². The largest absolute Gasteiger partial charge is 0.492 e. The molecule has 0 aliphatic carbocycles. The zero-order chi connectivity index (χ0) is 16.4. The van der Waals surface area contributed by atoms with Crippen LogP contribution in [-0.2, 0) is 6.54 Å². The maximum atomic E-state index is 5.65. The van der Waals surface area contributed by atoms with Crippen LogP contribution in [0, 0.1) is 0 Å². The average molecular weight is 373 g/mol. The first-order chi connectivity index (χ1) is 10.7. The number of methoxy groups -OCH3 is 1. The number of halogens is 1. The van der Waals surface area contributed by atoms with Gasteiger partial charge >= 0.3 is 0 Å². The van der Waals surface area contributed by atoms with E-state index in [9.17, 15) is 0 Å². The highest BCUT2D eigenvalue weighted by Gasteiger charge is 2.10. The minimum Gasteiger partial charge on any atom is -0.492 e. The lowest BCUT2D eigenvalue weighted by molar-refractivity contribution is 0.297. The third-order valence-electron chi connectivity index (χ3n) is 3.62. The Bertz CT molecular complexity index is 437. The van der Waals surface area contributed by atoms with E-state index >= 15 is 0 Å². The number of hydrogen-bond acceptors (Lipinski definition) is 4. The Hall–Kier alpha value is -0.780. The molecule has 0 saturated heterocycles. The number of benzene rings is 1. The Labute approximate surface area is 143 Å². The number of rotatable bonds is 11. The van der Waals surface area contributed by atoms with Crippen molar-refractivity contribution < 1.29 is 9.47 Å². The molecule has 0 spiro atoms. The minimum atomic E-state index is 0.629. The van der Waals surface area contributed by atoms with Crippen LogP contribution >= 0.6 is 15.9 Å². The number of nitrogens with one attached hydrogen (secondary N) is 1. The molecule has 0 saturated carbocycles. The van der Waals surface area contributed by atoms with Crippen LogP contribution in [0.1, 0.15) is 32.8 Å². The summed E-state index contributed by atoms with van der Waals surface area (Å²) in [7, 11) is 1.66. The Morgan fingerprint density at radius 3 is 2.50 bits per heavy atom. The third kappa shape index (κ3) is 6.15. The molecule has 0 atom stereocenters. The number of hydrogen-bond donors (Lipinski definition) is 1. The van der Waals surface area contributed by atoms with Gasteiger partial charge in [-0.25, -0.2) is 0 Å². The van der Waals surface area contributed by atoms with Crippen molar-refractivity contribution >= 4 is 15.9 Å². The molecule has 0 fully saturated rings. The van der Waals surface area contributed by atoms with Crippen LogP contribution in [0.2, 0.25) is 0 Å². The molecule has 0 unspecified atom stereocenters. The Kier molecular flexibility index (Phi) is 9.52.